The van der Waals surface area contributed by atoms with Gasteiger partial charge in [0.15, 0.2) is 0 Å². The molecule has 0 unspecified atom stereocenters. The molecule has 168 valence electrons. The second kappa shape index (κ2) is 13.4. The minimum Gasteiger partial charge on any atom is -0.285 e. The van der Waals surface area contributed by atoms with Crippen LogP contribution in [-0.2, 0) is 14.9 Å². The van der Waals surface area contributed by atoms with Crippen LogP contribution in [0, 0.1) is 11.8 Å². The molecule has 1 aromatic rings. The summed E-state index contributed by atoms with van der Waals surface area (Å²) in [4.78, 5) is 0. The molecule has 0 aromatic heterocycles. The highest BCUT2D eigenvalue weighted by molar-refractivity contribution is 7.86. The van der Waals surface area contributed by atoms with Crippen LogP contribution in [0.2, 0.25) is 0 Å². The van der Waals surface area contributed by atoms with Crippen molar-refractivity contribution in [2.45, 2.75) is 109 Å². The fourth-order valence-corrected chi connectivity index (χ4v) is 5.43. The highest BCUT2D eigenvalue weighted by Crippen LogP contribution is 2.40. The topological polar surface area (TPSA) is 54.4 Å². The van der Waals surface area contributed by atoms with Gasteiger partial charge in [-0.3, -0.25) is 4.55 Å². The molecule has 0 amide bonds. The minimum atomic E-state index is -4.19. The van der Waals surface area contributed by atoms with E-state index in [1.807, 2.05) is 30.3 Å². The summed E-state index contributed by atoms with van der Waals surface area (Å²) in [6.45, 7) is 8.94. The summed E-state index contributed by atoms with van der Waals surface area (Å²) in [5.74, 6) is 1.43. The van der Waals surface area contributed by atoms with Gasteiger partial charge in [0, 0.05) is 0 Å². The normalized spacial score (nSPS) is 12.8. The molecular weight excluding hydrogens is 380 g/mol. The Morgan fingerprint density at radius 2 is 1.14 bits per heavy atom. The van der Waals surface area contributed by atoms with E-state index in [0.29, 0.717) is 24.7 Å². The summed E-state index contributed by atoms with van der Waals surface area (Å²) in [6, 6.07) is 9.38. The van der Waals surface area contributed by atoms with Gasteiger partial charge in [-0.05, 0) is 30.2 Å². The van der Waals surface area contributed by atoms with E-state index < -0.39 is 14.9 Å². The second-order valence-corrected chi connectivity index (χ2v) is 11.3. The summed E-state index contributed by atoms with van der Waals surface area (Å²) >= 11 is 0. The number of rotatable bonds is 16. The van der Waals surface area contributed by atoms with E-state index in [9.17, 15) is 13.0 Å². The van der Waals surface area contributed by atoms with E-state index in [-0.39, 0.29) is 0 Å². The van der Waals surface area contributed by atoms with E-state index in [2.05, 4.69) is 27.7 Å². The molecule has 0 atom stereocenters. The quantitative estimate of drug-likeness (QED) is 0.218. The maximum absolute atomic E-state index is 12.6. The third-order valence-corrected chi connectivity index (χ3v) is 7.65. The smallest absolute Gasteiger partial charge is 0.274 e. The molecule has 1 rings (SSSR count). The van der Waals surface area contributed by atoms with Gasteiger partial charge in [0.05, 0.1) is 0 Å². The third-order valence-electron chi connectivity index (χ3n) is 6.02. The lowest BCUT2D eigenvalue weighted by molar-refractivity contribution is 0.372. The Bertz CT molecular complexity index is 615. The number of hydrogen-bond acceptors (Lipinski definition) is 2. The summed E-state index contributed by atoms with van der Waals surface area (Å²) in [7, 11) is -4.19. The highest BCUT2D eigenvalue weighted by Gasteiger charge is 2.43. The summed E-state index contributed by atoms with van der Waals surface area (Å²) in [5, 5.41) is 0. The second-order valence-electron chi connectivity index (χ2n) is 9.53. The highest BCUT2D eigenvalue weighted by atomic mass is 32.2. The molecular formula is C25H44O3S. The zero-order valence-corrected chi connectivity index (χ0v) is 20.0. The minimum absolute atomic E-state index is 0.503. The van der Waals surface area contributed by atoms with Crippen molar-refractivity contribution in [3.63, 3.8) is 0 Å². The lowest BCUT2D eigenvalue weighted by Gasteiger charge is -2.31. The van der Waals surface area contributed by atoms with Crippen molar-refractivity contribution in [1.29, 1.82) is 0 Å². The molecule has 0 aliphatic heterocycles. The van der Waals surface area contributed by atoms with E-state index in [0.717, 1.165) is 44.1 Å². The van der Waals surface area contributed by atoms with Gasteiger partial charge in [-0.25, -0.2) is 0 Å². The molecule has 0 fully saturated rings. The van der Waals surface area contributed by atoms with Gasteiger partial charge in [-0.15, -0.1) is 0 Å². The molecule has 1 N–H and O–H groups in total. The maximum atomic E-state index is 12.6. The lowest BCUT2D eigenvalue weighted by Crippen LogP contribution is -2.35. The van der Waals surface area contributed by atoms with Crippen molar-refractivity contribution < 1.29 is 13.0 Å². The maximum Gasteiger partial charge on any atom is 0.274 e. The summed E-state index contributed by atoms with van der Waals surface area (Å²) < 4.78 is 34.4. The average molecular weight is 425 g/mol. The molecule has 0 radical (unpaired) electrons. The Morgan fingerprint density at radius 3 is 1.52 bits per heavy atom. The van der Waals surface area contributed by atoms with Crippen LogP contribution in [0.4, 0.5) is 0 Å². The molecule has 4 heteroatoms. The van der Waals surface area contributed by atoms with Crippen LogP contribution in [0.3, 0.4) is 0 Å². The Morgan fingerprint density at radius 1 is 0.724 bits per heavy atom. The number of hydrogen-bond donors (Lipinski definition) is 1. The molecule has 29 heavy (non-hydrogen) atoms. The average Bonchev–Trinajstić information content (AvgIpc) is 2.64. The van der Waals surface area contributed by atoms with Crippen LogP contribution >= 0.6 is 0 Å². The van der Waals surface area contributed by atoms with Crippen LogP contribution in [-0.4, -0.2) is 13.0 Å². The number of unbranched alkanes of at least 4 members (excludes halogenated alkanes) is 6. The Kier molecular flexibility index (Phi) is 12.1. The van der Waals surface area contributed by atoms with Gasteiger partial charge in [0.25, 0.3) is 10.1 Å². The molecule has 1 aromatic carbocycles. The van der Waals surface area contributed by atoms with Crippen molar-refractivity contribution in [1.82, 2.24) is 0 Å². The van der Waals surface area contributed by atoms with Crippen LogP contribution in [0.5, 0.6) is 0 Å². The van der Waals surface area contributed by atoms with E-state index in [1.165, 1.54) is 25.7 Å². The zero-order valence-electron chi connectivity index (χ0n) is 19.2. The van der Waals surface area contributed by atoms with Gasteiger partial charge in [-0.2, -0.15) is 8.42 Å². The predicted octanol–water partition coefficient (Wildman–Crippen LogP) is 7.76. The predicted molar refractivity (Wildman–Crippen MR) is 125 cm³/mol. The van der Waals surface area contributed by atoms with Crippen molar-refractivity contribution in [3.8, 4) is 0 Å². The van der Waals surface area contributed by atoms with Crippen molar-refractivity contribution in [2.24, 2.45) is 11.8 Å². The van der Waals surface area contributed by atoms with E-state index in [4.69, 9.17) is 0 Å². The van der Waals surface area contributed by atoms with Crippen molar-refractivity contribution in [3.05, 3.63) is 35.9 Å². The zero-order chi connectivity index (χ0) is 21.8. The SMILES string of the molecule is CC(C)CCCCCCC(CCCCCCC(C)C)(c1ccccc1)S(=O)(=O)O. The van der Waals surface area contributed by atoms with Crippen LogP contribution in [0.15, 0.2) is 30.3 Å². The molecule has 0 saturated carbocycles. The third kappa shape index (κ3) is 9.65. The Hall–Kier alpha value is -0.870. The van der Waals surface area contributed by atoms with Crippen LogP contribution < -0.4 is 0 Å². The first-order valence-electron chi connectivity index (χ1n) is 11.7. The standard InChI is InChI=1S/C25H44O3S/c1-22(2)16-10-5-7-14-20-25(29(26,27)28,24-18-12-9-13-19-24)21-15-8-6-11-17-23(3)4/h9,12-13,18-19,22-23H,5-8,10-11,14-17,20-21H2,1-4H3,(H,26,27,28). The van der Waals surface area contributed by atoms with Gasteiger partial charge < -0.3 is 0 Å². The molecule has 0 saturated heterocycles. The first-order valence-corrected chi connectivity index (χ1v) is 13.2. The summed E-state index contributed by atoms with van der Waals surface area (Å²) in [6.07, 6.45) is 11.8. The number of benzene rings is 1. The van der Waals surface area contributed by atoms with E-state index in [1.54, 1.807) is 0 Å². The van der Waals surface area contributed by atoms with Gasteiger partial charge >= 0.3 is 0 Å². The molecule has 0 bridgehead atoms. The first kappa shape index (κ1) is 26.2. The van der Waals surface area contributed by atoms with Crippen LogP contribution in [0.1, 0.15) is 110 Å². The van der Waals surface area contributed by atoms with Crippen molar-refractivity contribution in [2.75, 3.05) is 0 Å². The largest absolute Gasteiger partial charge is 0.285 e. The van der Waals surface area contributed by atoms with Crippen LogP contribution in [0.25, 0.3) is 0 Å². The Labute approximate surface area is 180 Å². The molecule has 0 heterocycles. The monoisotopic (exact) mass is 424 g/mol. The first-order chi connectivity index (χ1) is 13.7. The van der Waals surface area contributed by atoms with Gasteiger partial charge in [0.2, 0.25) is 0 Å². The summed E-state index contributed by atoms with van der Waals surface area (Å²) in [5.41, 5.74) is 0.742. The molecule has 3 nitrogen and oxygen atoms in total. The lowest BCUT2D eigenvalue weighted by atomic mass is 9.87. The fraction of sp³-hybridized carbons (Fsp3) is 0.760. The fourth-order valence-electron chi connectivity index (χ4n) is 4.20. The Balaban J connectivity index is 2.77. The van der Waals surface area contributed by atoms with E-state index >= 15 is 0 Å². The molecule has 0 aliphatic rings. The molecule has 0 aliphatic carbocycles. The van der Waals surface area contributed by atoms with Crippen molar-refractivity contribution >= 4 is 10.1 Å². The molecule has 0 spiro atoms. The van der Waals surface area contributed by atoms with Gasteiger partial charge in [-0.1, -0.05) is 122 Å². The van der Waals surface area contributed by atoms with Gasteiger partial charge in [0.1, 0.15) is 4.75 Å².